The minimum absolute atomic E-state index is 0.750. The van der Waals surface area contributed by atoms with Gasteiger partial charge in [-0.25, -0.2) is 0 Å². The molecule has 0 atom stereocenters. The fourth-order valence-corrected chi connectivity index (χ4v) is 3.77. The number of methoxy groups -OCH3 is 1. The maximum atomic E-state index is 5.24. The number of piperidine rings is 1. The Labute approximate surface area is 161 Å². The smallest absolute Gasteiger partial charge is 0.247 e. The summed E-state index contributed by atoms with van der Waals surface area (Å²) in [5.74, 6) is 3.41. The molecular formula is C20H28N6O. The maximum absolute atomic E-state index is 5.24. The second-order valence-electron chi connectivity index (χ2n) is 7.46. The molecule has 27 heavy (non-hydrogen) atoms. The first-order chi connectivity index (χ1) is 13.2. The molecular weight excluding hydrogens is 340 g/mol. The van der Waals surface area contributed by atoms with Crippen molar-refractivity contribution in [2.45, 2.75) is 19.8 Å². The van der Waals surface area contributed by atoms with Gasteiger partial charge in [-0.05, 0) is 43.0 Å². The molecule has 0 radical (unpaired) electrons. The van der Waals surface area contributed by atoms with Crippen molar-refractivity contribution in [3.8, 4) is 5.75 Å². The number of rotatable bonds is 4. The van der Waals surface area contributed by atoms with E-state index in [9.17, 15) is 0 Å². The number of nitrogens with zero attached hydrogens (tertiary/aromatic N) is 6. The van der Waals surface area contributed by atoms with E-state index in [1.165, 1.54) is 18.5 Å². The number of hydrogen-bond acceptors (Lipinski definition) is 7. The third-order valence-corrected chi connectivity index (χ3v) is 5.64. The maximum Gasteiger partial charge on any atom is 0.247 e. The van der Waals surface area contributed by atoms with Crippen LogP contribution in [0.25, 0.3) is 0 Å². The van der Waals surface area contributed by atoms with Gasteiger partial charge in [0.1, 0.15) is 5.75 Å². The number of anilines is 3. The SMILES string of the molecule is COc1ccc(N2CCN(c3nncc(N4CCC(C)CC4)n3)CC2)cc1. The van der Waals surface area contributed by atoms with E-state index in [2.05, 4.69) is 44.0 Å². The van der Waals surface area contributed by atoms with Crippen LogP contribution in [0.1, 0.15) is 19.8 Å². The van der Waals surface area contributed by atoms with Gasteiger partial charge in [0.15, 0.2) is 5.82 Å². The van der Waals surface area contributed by atoms with E-state index in [1.54, 1.807) is 13.3 Å². The lowest BCUT2D eigenvalue weighted by Gasteiger charge is -2.36. The van der Waals surface area contributed by atoms with Gasteiger partial charge in [-0.1, -0.05) is 6.92 Å². The quantitative estimate of drug-likeness (QED) is 0.821. The van der Waals surface area contributed by atoms with Crippen molar-refractivity contribution < 1.29 is 4.74 Å². The highest BCUT2D eigenvalue weighted by molar-refractivity contribution is 5.51. The Morgan fingerprint density at radius 1 is 0.889 bits per heavy atom. The second kappa shape index (κ2) is 7.98. The topological polar surface area (TPSA) is 57.6 Å². The zero-order chi connectivity index (χ0) is 18.6. The third-order valence-electron chi connectivity index (χ3n) is 5.64. The minimum atomic E-state index is 0.750. The summed E-state index contributed by atoms with van der Waals surface area (Å²) in [6.45, 7) is 8.13. The van der Waals surface area contributed by atoms with Gasteiger partial charge >= 0.3 is 0 Å². The highest BCUT2D eigenvalue weighted by Crippen LogP contribution is 2.24. The Kier molecular flexibility index (Phi) is 5.27. The van der Waals surface area contributed by atoms with Crippen molar-refractivity contribution >= 4 is 17.5 Å². The summed E-state index contributed by atoms with van der Waals surface area (Å²) < 4.78 is 5.24. The Morgan fingerprint density at radius 3 is 2.22 bits per heavy atom. The molecule has 0 unspecified atom stereocenters. The highest BCUT2D eigenvalue weighted by Gasteiger charge is 2.22. The minimum Gasteiger partial charge on any atom is -0.497 e. The van der Waals surface area contributed by atoms with Crippen molar-refractivity contribution in [1.82, 2.24) is 15.2 Å². The lowest BCUT2D eigenvalue weighted by molar-refractivity contribution is 0.415. The largest absolute Gasteiger partial charge is 0.497 e. The van der Waals surface area contributed by atoms with E-state index in [0.29, 0.717) is 0 Å². The molecule has 144 valence electrons. The normalized spacial score (nSPS) is 18.7. The molecule has 7 nitrogen and oxygen atoms in total. The average Bonchev–Trinajstić information content (AvgIpc) is 2.75. The van der Waals surface area contributed by atoms with Gasteiger partial charge in [0.2, 0.25) is 5.95 Å². The molecule has 0 saturated carbocycles. The van der Waals surface area contributed by atoms with Crippen molar-refractivity contribution in [3.05, 3.63) is 30.5 Å². The van der Waals surface area contributed by atoms with Crippen LogP contribution in [0.15, 0.2) is 30.5 Å². The molecule has 3 heterocycles. The first-order valence-corrected chi connectivity index (χ1v) is 9.81. The van der Waals surface area contributed by atoms with Gasteiger partial charge < -0.3 is 19.4 Å². The van der Waals surface area contributed by atoms with E-state index in [4.69, 9.17) is 9.72 Å². The molecule has 2 saturated heterocycles. The fourth-order valence-electron chi connectivity index (χ4n) is 3.77. The van der Waals surface area contributed by atoms with Crippen LogP contribution in [-0.2, 0) is 0 Å². The van der Waals surface area contributed by atoms with Gasteiger partial charge in [0.25, 0.3) is 0 Å². The average molecular weight is 368 g/mol. The van der Waals surface area contributed by atoms with Gasteiger partial charge in [0, 0.05) is 45.0 Å². The lowest BCUT2D eigenvalue weighted by atomic mass is 9.99. The van der Waals surface area contributed by atoms with Crippen molar-refractivity contribution in [2.75, 3.05) is 61.1 Å². The van der Waals surface area contributed by atoms with Crippen LogP contribution < -0.4 is 19.4 Å². The number of benzene rings is 1. The van der Waals surface area contributed by atoms with E-state index < -0.39 is 0 Å². The molecule has 7 heteroatoms. The van der Waals surface area contributed by atoms with Crippen LogP contribution in [0.4, 0.5) is 17.5 Å². The molecule has 1 aromatic carbocycles. The zero-order valence-corrected chi connectivity index (χ0v) is 16.2. The first kappa shape index (κ1) is 17.8. The van der Waals surface area contributed by atoms with Crippen LogP contribution >= 0.6 is 0 Å². The molecule has 0 amide bonds. The molecule has 0 N–H and O–H groups in total. The number of aromatic nitrogens is 3. The van der Waals surface area contributed by atoms with Crippen LogP contribution in [0, 0.1) is 5.92 Å². The Balaban J connectivity index is 1.38. The van der Waals surface area contributed by atoms with E-state index in [0.717, 1.165) is 62.7 Å². The molecule has 2 fully saturated rings. The molecule has 2 aromatic rings. The molecule has 2 aliphatic rings. The van der Waals surface area contributed by atoms with Crippen LogP contribution in [-0.4, -0.2) is 61.6 Å². The Hall–Kier alpha value is -2.57. The first-order valence-electron chi connectivity index (χ1n) is 9.81. The Morgan fingerprint density at radius 2 is 1.56 bits per heavy atom. The van der Waals surface area contributed by atoms with E-state index in [-0.39, 0.29) is 0 Å². The fraction of sp³-hybridized carbons (Fsp3) is 0.550. The molecule has 4 rings (SSSR count). The monoisotopic (exact) mass is 368 g/mol. The number of piperazine rings is 1. The van der Waals surface area contributed by atoms with Crippen molar-refractivity contribution in [2.24, 2.45) is 5.92 Å². The van der Waals surface area contributed by atoms with Gasteiger partial charge in [-0.15, -0.1) is 5.10 Å². The summed E-state index contributed by atoms with van der Waals surface area (Å²) in [4.78, 5) is 11.8. The number of hydrogen-bond donors (Lipinski definition) is 0. The predicted molar refractivity (Wildman–Crippen MR) is 108 cm³/mol. The summed E-state index contributed by atoms with van der Waals surface area (Å²) in [5.41, 5.74) is 1.23. The molecule has 0 bridgehead atoms. The summed E-state index contributed by atoms with van der Waals surface area (Å²) in [5, 5.41) is 8.52. The van der Waals surface area contributed by atoms with Crippen molar-refractivity contribution in [1.29, 1.82) is 0 Å². The molecule has 0 aliphatic carbocycles. The molecule has 0 spiro atoms. The van der Waals surface area contributed by atoms with Gasteiger partial charge in [0.05, 0.1) is 13.3 Å². The van der Waals surface area contributed by atoms with Crippen LogP contribution in [0.3, 0.4) is 0 Å². The third kappa shape index (κ3) is 4.07. The highest BCUT2D eigenvalue weighted by atomic mass is 16.5. The Bertz CT molecular complexity index is 736. The molecule has 1 aromatic heterocycles. The van der Waals surface area contributed by atoms with Gasteiger partial charge in [-0.3, -0.25) is 0 Å². The van der Waals surface area contributed by atoms with Gasteiger partial charge in [-0.2, -0.15) is 10.1 Å². The molecule has 2 aliphatic heterocycles. The predicted octanol–water partition coefficient (Wildman–Crippen LogP) is 2.44. The summed E-state index contributed by atoms with van der Waals surface area (Å²) >= 11 is 0. The standard InChI is InChI=1S/C20H28N6O/c1-16-7-9-25(10-8-16)19-15-21-23-20(22-19)26-13-11-24(12-14-26)17-3-5-18(27-2)6-4-17/h3-6,15-16H,7-14H2,1-2H3. The van der Waals surface area contributed by atoms with E-state index in [1.807, 2.05) is 12.1 Å². The summed E-state index contributed by atoms with van der Waals surface area (Å²) in [6.07, 6.45) is 4.24. The van der Waals surface area contributed by atoms with E-state index >= 15 is 0 Å². The van der Waals surface area contributed by atoms with Crippen LogP contribution in [0.2, 0.25) is 0 Å². The summed E-state index contributed by atoms with van der Waals surface area (Å²) in [6, 6.07) is 8.25. The van der Waals surface area contributed by atoms with Crippen molar-refractivity contribution in [3.63, 3.8) is 0 Å². The second-order valence-corrected chi connectivity index (χ2v) is 7.46. The lowest BCUT2D eigenvalue weighted by Crippen LogP contribution is -2.47. The van der Waals surface area contributed by atoms with Crippen LogP contribution in [0.5, 0.6) is 5.75 Å². The number of ether oxygens (including phenoxy) is 1. The zero-order valence-electron chi connectivity index (χ0n) is 16.2. The summed E-state index contributed by atoms with van der Waals surface area (Å²) in [7, 11) is 1.69.